The molecule has 0 aromatic rings. The van der Waals surface area contributed by atoms with E-state index in [4.69, 9.17) is 10.4 Å². The van der Waals surface area contributed by atoms with Gasteiger partial charge in [0.2, 0.25) is 10.0 Å². The Hall–Kier alpha value is -0.850. The number of halogens is 3. The Labute approximate surface area is 84.6 Å². The van der Waals surface area contributed by atoms with Gasteiger partial charge in [0, 0.05) is 6.54 Å². The van der Waals surface area contributed by atoms with Gasteiger partial charge in [0.05, 0.1) is 6.07 Å². The molecule has 15 heavy (non-hydrogen) atoms. The molecule has 0 saturated carbocycles. The Kier molecular flexibility index (Phi) is 4.51. The second kappa shape index (κ2) is 4.78. The molecule has 0 radical (unpaired) electrons. The van der Waals surface area contributed by atoms with Gasteiger partial charge in [-0.3, -0.25) is 0 Å². The van der Waals surface area contributed by atoms with E-state index < -0.39 is 34.1 Å². The number of alkyl halides is 3. The summed E-state index contributed by atoms with van der Waals surface area (Å²) in [4.78, 5) is 0. The number of sulfonamides is 1. The summed E-state index contributed by atoms with van der Waals surface area (Å²) in [5.41, 5.74) is 0. The molecular formula is C6H9F3N2O3S. The number of aliphatic hydroxyl groups is 1. The second-order valence-corrected chi connectivity index (χ2v) is 4.81. The van der Waals surface area contributed by atoms with Gasteiger partial charge < -0.3 is 5.11 Å². The Bertz CT molecular complexity index is 346. The summed E-state index contributed by atoms with van der Waals surface area (Å²) in [6, 6.07) is 1.35. The number of nitriles is 1. The van der Waals surface area contributed by atoms with E-state index in [9.17, 15) is 21.6 Å². The van der Waals surface area contributed by atoms with Gasteiger partial charge in [-0.15, -0.1) is 0 Å². The fourth-order valence-corrected chi connectivity index (χ4v) is 1.28. The number of rotatable bonds is 4. The SMILES string of the molecule is CC(C#N)S(=O)(=O)NCC(O)C(F)(F)F. The van der Waals surface area contributed by atoms with Crippen LogP contribution >= 0.6 is 0 Å². The van der Waals surface area contributed by atoms with Gasteiger partial charge in [0.1, 0.15) is 0 Å². The standard InChI is InChI=1S/C6H9F3N2O3S/c1-4(2-10)15(13,14)11-3-5(12)6(7,8)9/h4-5,11-12H,3H2,1H3. The van der Waals surface area contributed by atoms with Gasteiger partial charge in [-0.2, -0.15) is 18.4 Å². The molecule has 0 aliphatic rings. The van der Waals surface area contributed by atoms with Gasteiger partial charge in [-0.1, -0.05) is 0 Å². The lowest BCUT2D eigenvalue weighted by Crippen LogP contribution is -2.42. The van der Waals surface area contributed by atoms with Crippen molar-refractivity contribution < 1.29 is 26.7 Å². The third kappa shape index (κ3) is 4.46. The largest absolute Gasteiger partial charge is 0.415 e. The average Bonchev–Trinajstić information content (AvgIpc) is 2.11. The maximum absolute atomic E-state index is 11.8. The molecule has 0 rings (SSSR count). The molecule has 0 saturated heterocycles. The van der Waals surface area contributed by atoms with Gasteiger partial charge in [0.15, 0.2) is 11.4 Å². The predicted molar refractivity (Wildman–Crippen MR) is 44.1 cm³/mol. The highest BCUT2D eigenvalue weighted by Crippen LogP contribution is 2.19. The van der Waals surface area contributed by atoms with Crippen LogP contribution in [0.1, 0.15) is 6.92 Å². The van der Waals surface area contributed by atoms with Gasteiger partial charge in [-0.25, -0.2) is 13.1 Å². The Morgan fingerprint density at radius 2 is 2.00 bits per heavy atom. The van der Waals surface area contributed by atoms with Crippen molar-refractivity contribution in [2.24, 2.45) is 0 Å². The number of nitrogens with zero attached hydrogens (tertiary/aromatic N) is 1. The van der Waals surface area contributed by atoms with Crippen molar-refractivity contribution in [2.45, 2.75) is 24.5 Å². The van der Waals surface area contributed by atoms with Crippen molar-refractivity contribution >= 4 is 10.0 Å². The third-order valence-electron chi connectivity index (χ3n) is 1.50. The van der Waals surface area contributed by atoms with E-state index in [0.29, 0.717) is 0 Å². The van der Waals surface area contributed by atoms with Crippen molar-refractivity contribution in [3.05, 3.63) is 0 Å². The normalized spacial score (nSPS) is 16.8. The van der Waals surface area contributed by atoms with Crippen LogP contribution in [0.5, 0.6) is 0 Å². The molecule has 9 heteroatoms. The van der Waals surface area contributed by atoms with Crippen LogP contribution in [0, 0.1) is 11.3 Å². The van der Waals surface area contributed by atoms with E-state index in [1.54, 1.807) is 0 Å². The van der Waals surface area contributed by atoms with Crippen LogP contribution in [0.3, 0.4) is 0 Å². The highest BCUT2D eigenvalue weighted by atomic mass is 32.2. The monoisotopic (exact) mass is 246 g/mol. The van der Waals surface area contributed by atoms with Crippen LogP contribution < -0.4 is 4.72 Å². The maximum atomic E-state index is 11.8. The van der Waals surface area contributed by atoms with Crippen LogP contribution in [-0.4, -0.2) is 37.6 Å². The topological polar surface area (TPSA) is 90.2 Å². The summed E-state index contributed by atoms with van der Waals surface area (Å²) in [7, 11) is -4.14. The molecule has 2 atom stereocenters. The fraction of sp³-hybridized carbons (Fsp3) is 0.833. The van der Waals surface area contributed by atoms with Crippen molar-refractivity contribution in [3.63, 3.8) is 0 Å². The first-order valence-electron chi connectivity index (χ1n) is 3.74. The minimum Gasteiger partial charge on any atom is -0.382 e. The summed E-state index contributed by atoms with van der Waals surface area (Å²) in [6.45, 7) is -0.180. The minimum absolute atomic E-state index is 1.02. The smallest absolute Gasteiger partial charge is 0.382 e. The first kappa shape index (κ1) is 14.2. The molecule has 0 heterocycles. The zero-order valence-corrected chi connectivity index (χ0v) is 8.43. The van der Waals surface area contributed by atoms with Gasteiger partial charge >= 0.3 is 6.18 Å². The quantitative estimate of drug-likeness (QED) is 0.715. The molecule has 0 aliphatic heterocycles. The first-order valence-corrected chi connectivity index (χ1v) is 5.28. The van der Waals surface area contributed by atoms with E-state index in [-0.39, 0.29) is 0 Å². The first-order chi connectivity index (χ1) is 6.61. The summed E-state index contributed by atoms with van der Waals surface area (Å²) in [5, 5.41) is 15.2. The lowest BCUT2D eigenvalue weighted by Gasteiger charge is -2.15. The highest BCUT2D eigenvalue weighted by Gasteiger charge is 2.39. The number of hydrogen-bond acceptors (Lipinski definition) is 4. The zero-order valence-electron chi connectivity index (χ0n) is 7.61. The Balaban J connectivity index is 4.37. The van der Waals surface area contributed by atoms with Crippen molar-refractivity contribution in [1.29, 1.82) is 5.26 Å². The molecule has 0 bridgehead atoms. The number of nitrogens with one attached hydrogen (secondary N) is 1. The van der Waals surface area contributed by atoms with Crippen LogP contribution in [0.4, 0.5) is 13.2 Å². The minimum atomic E-state index is -4.89. The maximum Gasteiger partial charge on any atom is 0.415 e. The summed E-state index contributed by atoms with van der Waals surface area (Å²) < 4.78 is 58.7. The Morgan fingerprint density at radius 1 is 1.53 bits per heavy atom. The van der Waals surface area contributed by atoms with Crippen LogP contribution in [0.2, 0.25) is 0 Å². The lowest BCUT2D eigenvalue weighted by atomic mass is 10.4. The fourth-order valence-electron chi connectivity index (χ4n) is 0.505. The number of aliphatic hydroxyl groups excluding tert-OH is 1. The van der Waals surface area contributed by atoms with E-state index in [0.717, 1.165) is 6.92 Å². The van der Waals surface area contributed by atoms with Crippen LogP contribution in [0.15, 0.2) is 0 Å². The summed E-state index contributed by atoms with van der Waals surface area (Å²) in [5.74, 6) is 0. The van der Waals surface area contributed by atoms with Crippen molar-refractivity contribution in [3.8, 4) is 6.07 Å². The van der Waals surface area contributed by atoms with Crippen molar-refractivity contribution in [2.75, 3.05) is 6.54 Å². The van der Waals surface area contributed by atoms with E-state index in [2.05, 4.69) is 0 Å². The molecule has 0 fully saturated rings. The molecule has 2 N–H and O–H groups in total. The zero-order chi connectivity index (χ0) is 12.3. The molecule has 0 aliphatic carbocycles. The average molecular weight is 246 g/mol. The molecule has 88 valence electrons. The van der Waals surface area contributed by atoms with Gasteiger partial charge in [-0.05, 0) is 6.92 Å². The predicted octanol–water partition coefficient (Wildman–Crippen LogP) is -0.259. The van der Waals surface area contributed by atoms with E-state index >= 15 is 0 Å². The molecule has 5 nitrogen and oxygen atoms in total. The molecular weight excluding hydrogens is 237 g/mol. The lowest BCUT2D eigenvalue weighted by molar-refractivity contribution is -0.200. The Morgan fingerprint density at radius 3 is 2.33 bits per heavy atom. The molecule has 0 spiro atoms. The second-order valence-electron chi connectivity index (χ2n) is 2.72. The van der Waals surface area contributed by atoms with E-state index in [1.807, 2.05) is 0 Å². The van der Waals surface area contributed by atoms with Gasteiger partial charge in [0.25, 0.3) is 0 Å². The van der Waals surface area contributed by atoms with E-state index in [1.165, 1.54) is 10.8 Å². The van der Waals surface area contributed by atoms with Crippen LogP contribution in [0.25, 0.3) is 0 Å². The summed E-state index contributed by atoms with van der Waals surface area (Å²) in [6.07, 6.45) is -7.67. The van der Waals surface area contributed by atoms with Crippen molar-refractivity contribution in [1.82, 2.24) is 4.72 Å². The third-order valence-corrected chi connectivity index (χ3v) is 3.11. The van der Waals surface area contributed by atoms with Crippen LogP contribution in [-0.2, 0) is 10.0 Å². The molecule has 0 aromatic carbocycles. The molecule has 0 amide bonds. The highest BCUT2D eigenvalue weighted by molar-refractivity contribution is 7.90. The summed E-state index contributed by atoms with van der Waals surface area (Å²) >= 11 is 0. The number of hydrogen-bond donors (Lipinski definition) is 2. The molecule has 0 aromatic heterocycles. The molecule has 2 unspecified atom stereocenters.